The van der Waals surface area contributed by atoms with Gasteiger partial charge in [0.2, 0.25) is 11.8 Å². The van der Waals surface area contributed by atoms with Crippen molar-refractivity contribution in [2.75, 3.05) is 12.4 Å². The van der Waals surface area contributed by atoms with Crippen molar-refractivity contribution in [2.45, 2.75) is 13.0 Å². The zero-order valence-electron chi connectivity index (χ0n) is 18.0. The first-order chi connectivity index (χ1) is 16.3. The fourth-order valence-corrected chi connectivity index (χ4v) is 3.37. The number of nitrogens with one attached hydrogen (secondary N) is 2. The zero-order chi connectivity index (χ0) is 24.5. The van der Waals surface area contributed by atoms with Gasteiger partial charge in [0.15, 0.2) is 11.5 Å². The Kier molecular flexibility index (Phi) is 9.16. The van der Waals surface area contributed by atoms with Gasteiger partial charge in [-0.3, -0.25) is 9.59 Å². The van der Waals surface area contributed by atoms with Gasteiger partial charge in [0.1, 0.15) is 13.0 Å². The minimum Gasteiger partial charge on any atom is -0.493 e. The van der Waals surface area contributed by atoms with Gasteiger partial charge in [0.25, 0.3) is 0 Å². The first-order valence-corrected chi connectivity index (χ1v) is 11.1. The van der Waals surface area contributed by atoms with Gasteiger partial charge in [-0.25, -0.2) is 5.43 Å². The van der Waals surface area contributed by atoms with E-state index in [1.54, 1.807) is 60.7 Å². The lowest BCUT2D eigenvalue weighted by atomic mass is 10.2. The number of rotatable bonds is 9. The summed E-state index contributed by atoms with van der Waals surface area (Å²) in [5.74, 6) is -0.0512. The van der Waals surface area contributed by atoms with Crippen LogP contribution >= 0.6 is 34.8 Å². The highest BCUT2D eigenvalue weighted by molar-refractivity contribution is 6.35. The molecule has 0 radical (unpaired) electrons. The number of benzene rings is 3. The van der Waals surface area contributed by atoms with E-state index in [0.717, 1.165) is 5.56 Å². The smallest absolute Gasteiger partial charge is 0.249 e. The van der Waals surface area contributed by atoms with Crippen molar-refractivity contribution in [3.8, 4) is 11.5 Å². The van der Waals surface area contributed by atoms with Crippen molar-refractivity contribution in [3.63, 3.8) is 0 Å². The lowest BCUT2D eigenvalue weighted by molar-refractivity contribution is -0.126. The summed E-state index contributed by atoms with van der Waals surface area (Å²) in [5.41, 5.74) is 4.29. The molecule has 10 heteroatoms. The highest BCUT2D eigenvalue weighted by atomic mass is 35.5. The number of nitrogens with zero attached hydrogens (tertiary/aromatic N) is 1. The van der Waals surface area contributed by atoms with Crippen molar-refractivity contribution < 1.29 is 19.1 Å². The third kappa shape index (κ3) is 7.66. The monoisotopic (exact) mass is 519 g/mol. The van der Waals surface area contributed by atoms with Gasteiger partial charge in [-0.15, -0.1) is 0 Å². The van der Waals surface area contributed by atoms with Crippen LogP contribution in [0, 0.1) is 0 Å². The van der Waals surface area contributed by atoms with Crippen LogP contribution in [0.25, 0.3) is 0 Å². The number of methoxy groups -OCH3 is 1. The van der Waals surface area contributed by atoms with E-state index < -0.39 is 11.8 Å². The minimum absolute atomic E-state index is 0.230. The van der Waals surface area contributed by atoms with Crippen molar-refractivity contribution in [1.29, 1.82) is 0 Å². The topological polar surface area (TPSA) is 89.0 Å². The highest BCUT2D eigenvalue weighted by Gasteiger charge is 2.10. The Morgan fingerprint density at radius 3 is 2.35 bits per heavy atom. The number of ether oxygens (including phenoxy) is 2. The van der Waals surface area contributed by atoms with Crippen molar-refractivity contribution in [1.82, 2.24) is 5.43 Å². The van der Waals surface area contributed by atoms with Gasteiger partial charge >= 0.3 is 0 Å². The predicted molar refractivity (Wildman–Crippen MR) is 134 cm³/mol. The summed E-state index contributed by atoms with van der Waals surface area (Å²) in [7, 11) is 1.51. The normalized spacial score (nSPS) is 10.7. The molecule has 34 heavy (non-hydrogen) atoms. The zero-order valence-corrected chi connectivity index (χ0v) is 20.2. The summed E-state index contributed by atoms with van der Waals surface area (Å²) in [4.78, 5) is 23.9. The van der Waals surface area contributed by atoms with Crippen LogP contribution in [0.15, 0.2) is 65.8 Å². The number of hydrogen-bond donors (Lipinski definition) is 2. The molecule has 0 aliphatic heterocycles. The van der Waals surface area contributed by atoms with E-state index in [9.17, 15) is 9.59 Å². The molecule has 0 aliphatic rings. The Hall–Kier alpha value is -3.26. The van der Waals surface area contributed by atoms with Crippen LogP contribution in [0.5, 0.6) is 11.5 Å². The van der Waals surface area contributed by atoms with E-state index in [1.807, 2.05) is 0 Å². The lowest BCUT2D eigenvalue weighted by Crippen LogP contribution is -2.24. The molecule has 3 rings (SSSR count). The van der Waals surface area contributed by atoms with Crippen molar-refractivity contribution in [2.24, 2.45) is 5.10 Å². The molecule has 0 unspecified atom stereocenters. The number of amides is 2. The molecule has 0 atom stereocenters. The average Bonchev–Trinajstić information content (AvgIpc) is 2.80. The molecule has 3 aromatic carbocycles. The summed E-state index contributed by atoms with van der Waals surface area (Å²) in [6, 6.07) is 16.9. The van der Waals surface area contributed by atoms with E-state index in [1.165, 1.54) is 13.3 Å². The predicted octanol–water partition coefficient (Wildman–Crippen LogP) is 5.71. The Morgan fingerprint density at radius 2 is 1.65 bits per heavy atom. The third-order valence-electron chi connectivity index (χ3n) is 4.44. The van der Waals surface area contributed by atoms with Gasteiger partial charge in [-0.1, -0.05) is 40.9 Å². The second-order valence-electron chi connectivity index (χ2n) is 6.96. The van der Waals surface area contributed by atoms with Crippen LogP contribution in [0.3, 0.4) is 0 Å². The summed E-state index contributed by atoms with van der Waals surface area (Å²) >= 11 is 17.9. The number of carbonyl (C=O) groups excluding carboxylic acids is 2. The first-order valence-electron chi connectivity index (χ1n) is 9.96. The van der Waals surface area contributed by atoms with Crippen LogP contribution in [0.2, 0.25) is 15.1 Å². The Morgan fingerprint density at radius 1 is 0.912 bits per heavy atom. The number of anilines is 1. The maximum atomic E-state index is 12.0. The summed E-state index contributed by atoms with van der Waals surface area (Å²) in [6.07, 6.45) is 1.04. The van der Waals surface area contributed by atoms with Crippen LogP contribution in [0.4, 0.5) is 5.69 Å². The van der Waals surface area contributed by atoms with Gasteiger partial charge in [-0.05, 0) is 60.2 Å². The molecule has 0 saturated heterocycles. The molecule has 0 spiro atoms. The van der Waals surface area contributed by atoms with E-state index in [2.05, 4.69) is 15.8 Å². The van der Waals surface area contributed by atoms with E-state index >= 15 is 0 Å². The Bertz CT molecular complexity index is 1200. The molecule has 7 nitrogen and oxygen atoms in total. The summed E-state index contributed by atoms with van der Waals surface area (Å²) in [5, 5.41) is 8.09. The minimum atomic E-state index is -0.561. The summed E-state index contributed by atoms with van der Waals surface area (Å²) in [6.45, 7) is 0.230. The van der Waals surface area contributed by atoms with Crippen LogP contribution in [0.1, 0.15) is 17.5 Å². The molecule has 2 amide bonds. The van der Waals surface area contributed by atoms with Gasteiger partial charge < -0.3 is 14.8 Å². The Labute approximate surface area is 211 Å². The lowest BCUT2D eigenvalue weighted by Gasteiger charge is -2.12. The van der Waals surface area contributed by atoms with Gasteiger partial charge in [0, 0.05) is 26.3 Å². The number of halogens is 3. The molecule has 0 aromatic heterocycles. The molecular formula is C24H20Cl3N3O4. The molecular weight excluding hydrogens is 501 g/mol. The van der Waals surface area contributed by atoms with E-state index in [0.29, 0.717) is 37.8 Å². The molecule has 0 heterocycles. The molecule has 0 fully saturated rings. The van der Waals surface area contributed by atoms with Crippen LogP contribution in [-0.4, -0.2) is 25.1 Å². The molecule has 176 valence electrons. The number of carbonyl (C=O) groups is 2. The van der Waals surface area contributed by atoms with E-state index in [4.69, 9.17) is 44.3 Å². The molecule has 0 bridgehead atoms. The number of hydrazone groups is 1. The second kappa shape index (κ2) is 12.3. The first kappa shape index (κ1) is 25.4. The SMILES string of the molecule is COc1cc(C=NNC(=O)CC(=O)Nc2ccc(Cl)cc2)ccc1OCc1ccc(Cl)cc1Cl. The van der Waals surface area contributed by atoms with Crippen molar-refractivity contribution in [3.05, 3.63) is 86.9 Å². The standard InChI is InChI=1S/C24H20Cl3N3O4/c1-33-22-10-15(2-9-21(22)34-14-16-3-4-18(26)11-20(16)27)13-28-30-24(32)12-23(31)29-19-7-5-17(25)6-8-19/h2-11,13H,12,14H2,1H3,(H,29,31)(H,30,32). The third-order valence-corrected chi connectivity index (χ3v) is 5.28. The van der Waals surface area contributed by atoms with Gasteiger partial charge in [0.05, 0.1) is 13.3 Å². The fourth-order valence-electron chi connectivity index (χ4n) is 2.78. The van der Waals surface area contributed by atoms with Crippen LogP contribution in [-0.2, 0) is 16.2 Å². The maximum Gasteiger partial charge on any atom is 0.249 e. The molecule has 2 N–H and O–H groups in total. The summed E-state index contributed by atoms with van der Waals surface area (Å²) < 4.78 is 11.2. The second-order valence-corrected chi connectivity index (χ2v) is 8.24. The van der Waals surface area contributed by atoms with Gasteiger partial charge in [-0.2, -0.15) is 5.10 Å². The molecule has 0 aliphatic carbocycles. The quantitative estimate of drug-likeness (QED) is 0.215. The number of hydrogen-bond acceptors (Lipinski definition) is 5. The van der Waals surface area contributed by atoms with E-state index in [-0.39, 0.29) is 13.0 Å². The Balaban J connectivity index is 1.52. The van der Waals surface area contributed by atoms with Crippen molar-refractivity contribution >= 4 is 58.5 Å². The highest BCUT2D eigenvalue weighted by Crippen LogP contribution is 2.29. The largest absolute Gasteiger partial charge is 0.493 e. The van der Waals surface area contributed by atoms with Crippen LogP contribution < -0.4 is 20.2 Å². The average molecular weight is 521 g/mol. The molecule has 0 saturated carbocycles. The molecule has 3 aromatic rings. The fraction of sp³-hybridized carbons (Fsp3) is 0.125. The maximum absolute atomic E-state index is 12.0.